The first-order chi connectivity index (χ1) is 9.15. The molecule has 1 N–H and O–H groups in total. The number of carboxylic acid groups (broad SMARTS) is 1. The monoisotopic (exact) mass is 257 g/mol. The van der Waals surface area contributed by atoms with Gasteiger partial charge in [-0.05, 0) is 12.1 Å². The van der Waals surface area contributed by atoms with Gasteiger partial charge in [0.25, 0.3) is 0 Å². The highest BCUT2D eigenvalue weighted by Crippen LogP contribution is 2.18. The van der Waals surface area contributed by atoms with E-state index in [4.69, 9.17) is 5.11 Å². The Kier molecular flexibility index (Phi) is 2.52. The molecule has 0 aromatic carbocycles. The van der Waals surface area contributed by atoms with Crippen molar-refractivity contribution in [1.82, 2.24) is 24.1 Å². The molecule has 0 amide bonds. The molecule has 3 rings (SSSR count). The predicted molar refractivity (Wildman–Crippen MR) is 66.5 cm³/mol. The summed E-state index contributed by atoms with van der Waals surface area (Å²) in [5.74, 6) is 0.465. The van der Waals surface area contributed by atoms with Crippen LogP contribution >= 0.6 is 0 Å². The molecular formula is C12H11N5O2. The third-order valence-corrected chi connectivity index (χ3v) is 2.81. The number of nitrogens with zero attached hydrogens (tertiary/aromatic N) is 5. The van der Waals surface area contributed by atoms with Crippen LogP contribution in [-0.4, -0.2) is 35.2 Å². The minimum Gasteiger partial charge on any atom is -0.481 e. The molecule has 19 heavy (non-hydrogen) atoms. The Morgan fingerprint density at radius 2 is 2.11 bits per heavy atom. The molecule has 0 saturated carbocycles. The third kappa shape index (κ3) is 1.95. The second kappa shape index (κ2) is 4.20. The van der Waals surface area contributed by atoms with Gasteiger partial charge in [-0.25, -0.2) is 9.50 Å². The molecular weight excluding hydrogens is 246 g/mol. The quantitative estimate of drug-likeness (QED) is 0.748. The summed E-state index contributed by atoms with van der Waals surface area (Å²) in [6.45, 7) is 0. The van der Waals surface area contributed by atoms with Gasteiger partial charge in [-0.15, -0.1) is 5.10 Å². The largest absolute Gasteiger partial charge is 0.481 e. The molecule has 0 bridgehead atoms. The first kappa shape index (κ1) is 11.4. The summed E-state index contributed by atoms with van der Waals surface area (Å²) in [7, 11) is 1.84. The van der Waals surface area contributed by atoms with Gasteiger partial charge in [-0.1, -0.05) is 0 Å². The molecule has 0 atom stereocenters. The van der Waals surface area contributed by atoms with Crippen molar-refractivity contribution in [3.63, 3.8) is 0 Å². The van der Waals surface area contributed by atoms with Gasteiger partial charge < -0.3 is 5.11 Å². The van der Waals surface area contributed by atoms with Gasteiger partial charge in [-0.3, -0.25) is 14.3 Å². The molecule has 0 unspecified atom stereocenters. The van der Waals surface area contributed by atoms with Crippen molar-refractivity contribution in [2.24, 2.45) is 7.05 Å². The molecule has 0 aliphatic rings. The van der Waals surface area contributed by atoms with E-state index in [1.54, 1.807) is 23.1 Å². The number of hydrogen-bond acceptors (Lipinski definition) is 4. The lowest BCUT2D eigenvalue weighted by molar-refractivity contribution is -0.136. The van der Waals surface area contributed by atoms with Crippen LogP contribution in [0.4, 0.5) is 0 Å². The fourth-order valence-electron chi connectivity index (χ4n) is 1.97. The van der Waals surface area contributed by atoms with E-state index in [1.165, 1.54) is 0 Å². The average molecular weight is 257 g/mol. The van der Waals surface area contributed by atoms with Crippen LogP contribution in [0.25, 0.3) is 17.2 Å². The maximum Gasteiger partial charge on any atom is 0.309 e. The van der Waals surface area contributed by atoms with Gasteiger partial charge in [0.2, 0.25) is 5.78 Å². The van der Waals surface area contributed by atoms with Gasteiger partial charge in [0, 0.05) is 25.0 Å². The number of aliphatic carboxylic acids is 1. The summed E-state index contributed by atoms with van der Waals surface area (Å²) in [5.41, 5.74) is 1.43. The molecule has 0 saturated heterocycles. The second-order valence-electron chi connectivity index (χ2n) is 4.17. The minimum atomic E-state index is -0.905. The summed E-state index contributed by atoms with van der Waals surface area (Å²) < 4.78 is 3.41. The molecule has 0 aliphatic carbocycles. The molecule has 3 aromatic heterocycles. The van der Waals surface area contributed by atoms with Gasteiger partial charge >= 0.3 is 5.97 Å². The Morgan fingerprint density at radius 1 is 1.37 bits per heavy atom. The molecule has 0 radical (unpaired) electrons. The highest BCUT2D eigenvalue weighted by molar-refractivity contribution is 5.69. The standard InChI is InChI=1S/C12H11N5O2/c1-16-11(8-2-4-13-5-3-8)15-17-7-9(6-10(18)19)14-12(16)17/h2-5,7H,6H2,1H3,(H,18,19). The Bertz CT molecular complexity index is 744. The molecule has 3 aromatic rings. The summed E-state index contributed by atoms with van der Waals surface area (Å²) in [6, 6.07) is 3.72. The van der Waals surface area contributed by atoms with Crippen molar-refractivity contribution in [3.05, 3.63) is 36.4 Å². The number of carbonyl (C=O) groups is 1. The Morgan fingerprint density at radius 3 is 2.74 bits per heavy atom. The number of pyridine rings is 1. The SMILES string of the molecule is Cn1c(-c2ccncc2)nn2cc(CC(=O)O)nc12. The van der Waals surface area contributed by atoms with E-state index < -0.39 is 5.97 Å². The maximum absolute atomic E-state index is 10.7. The number of rotatable bonds is 3. The molecule has 3 heterocycles. The van der Waals surface area contributed by atoms with Crippen molar-refractivity contribution in [1.29, 1.82) is 0 Å². The number of aromatic nitrogens is 5. The summed E-state index contributed by atoms with van der Waals surface area (Å²) in [5, 5.41) is 13.2. The van der Waals surface area contributed by atoms with E-state index in [-0.39, 0.29) is 6.42 Å². The van der Waals surface area contributed by atoms with Gasteiger partial charge in [0.05, 0.1) is 18.3 Å². The molecule has 7 nitrogen and oxygen atoms in total. The van der Waals surface area contributed by atoms with Crippen LogP contribution in [0.1, 0.15) is 5.69 Å². The molecule has 7 heteroatoms. The van der Waals surface area contributed by atoms with Gasteiger partial charge in [0.15, 0.2) is 5.82 Å². The first-order valence-corrected chi connectivity index (χ1v) is 5.68. The molecule has 96 valence electrons. The Labute approximate surface area is 108 Å². The van der Waals surface area contributed by atoms with Crippen molar-refractivity contribution in [3.8, 4) is 11.4 Å². The van der Waals surface area contributed by atoms with Crippen LogP contribution in [-0.2, 0) is 18.3 Å². The first-order valence-electron chi connectivity index (χ1n) is 5.68. The molecule has 0 aliphatic heterocycles. The predicted octanol–water partition coefficient (Wildman–Crippen LogP) is 0.757. The lowest BCUT2D eigenvalue weighted by Gasteiger charge is -1.99. The number of imidazole rings is 1. The van der Waals surface area contributed by atoms with Crippen LogP contribution < -0.4 is 0 Å². The lowest BCUT2D eigenvalue weighted by Crippen LogP contribution is -2.01. The Balaban J connectivity index is 2.08. The van der Waals surface area contributed by atoms with Crippen LogP contribution in [0.2, 0.25) is 0 Å². The van der Waals surface area contributed by atoms with Crippen LogP contribution in [0.5, 0.6) is 0 Å². The summed E-state index contributed by atoms with van der Waals surface area (Å²) in [6.07, 6.45) is 4.92. The maximum atomic E-state index is 10.7. The van der Waals surface area contributed by atoms with Gasteiger partial charge in [-0.2, -0.15) is 0 Å². The number of carboxylic acids is 1. The van der Waals surface area contributed by atoms with E-state index >= 15 is 0 Å². The van der Waals surface area contributed by atoms with E-state index in [0.29, 0.717) is 11.5 Å². The van der Waals surface area contributed by atoms with E-state index in [1.807, 2.05) is 23.7 Å². The minimum absolute atomic E-state index is 0.103. The zero-order valence-corrected chi connectivity index (χ0v) is 10.2. The molecule has 0 fully saturated rings. The van der Waals surface area contributed by atoms with Gasteiger partial charge in [0.1, 0.15) is 0 Å². The topological polar surface area (TPSA) is 85.3 Å². The molecule has 0 spiro atoms. The average Bonchev–Trinajstić information content (AvgIpc) is 2.90. The van der Waals surface area contributed by atoms with Crippen LogP contribution in [0.3, 0.4) is 0 Å². The lowest BCUT2D eigenvalue weighted by atomic mass is 10.2. The summed E-state index contributed by atoms with van der Waals surface area (Å²) in [4.78, 5) is 18.9. The normalized spacial score (nSPS) is 11.0. The summed E-state index contributed by atoms with van der Waals surface area (Å²) >= 11 is 0. The smallest absolute Gasteiger partial charge is 0.309 e. The number of aryl methyl sites for hydroxylation is 1. The van der Waals surface area contributed by atoms with Crippen molar-refractivity contribution in [2.45, 2.75) is 6.42 Å². The van der Waals surface area contributed by atoms with Crippen LogP contribution in [0.15, 0.2) is 30.7 Å². The number of fused-ring (bicyclic) bond motifs is 1. The van der Waals surface area contributed by atoms with E-state index in [0.717, 1.165) is 11.4 Å². The van der Waals surface area contributed by atoms with Crippen LogP contribution in [0, 0.1) is 0 Å². The zero-order valence-electron chi connectivity index (χ0n) is 10.2. The number of hydrogen-bond donors (Lipinski definition) is 1. The second-order valence-corrected chi connectivity index (χ2v) is 4.17. The fraction of sp³-hybridized carbons (Fsp3) is 0.167. The Hall–Kier alpha value is -2.70. The zero-order chi connectivity index (χ0) is 13.4. The van der Waals surface area contributed by atoms with E-state index in [2.05, 4.69) is 15.1 Å². The fourth-order valence-corrected chi connectivity index (χ4v) is 1.97. The van der Waals surface area contributed by atoms with Crippen molar-refractivity contribution >= 4 is 11.7 Å². The van der Waals surface area contributed by atoms with Crippen molar-refractivity contribution in [2.75, 3.05) is 0 Å². The third-order valence-electron chi connectivity index (χ3n) is 2.81. The van der Waals surface area contributed by atoms with E-state index in [9.17, 15) is 4.79 Å². The highest BCUT2D eigenvalue weighted by atomic mass is 16.4. The highest BCUT2D eigenvalue weighted by Gasteiger charge is 2.14. The van der Waals surface area contributed by atoms with Crippen molar-refractivity contribution < 1.29 is 9.90 Å².